The van der Waals surface area contributed by atoms with Crippen molar-refractivity contribution < 1.29 is 23.8 Å². The minimum absolute atomic E-state index is 0.103. The van der Waals surface area contributed by atoms with Crippen LogP contribution in [0.5, 0.6) is 5.75 Å². The molecular weight excluding hydrogens is 606 g/mol. The van der Waals surface area contributed by atoms with E-state index in [1.54, 1.807) is 60.1 Å². The van der Waals surface area contributed by atoms with Crippen LogP contribution in [-0.2, 0) is 18.4 Å². The zero-order valence-corrected chi connectivity index (χ0v) is 25.6. The van der Waals surface area contributed by atoms with Gasteiger partial charge in [0.2, 0.25) is 5.91 Å². The average molecular weight is 640 g/mol. The van der Waals surface area contributed by atoms with Gasteiger partial charge in [-0.3, -0.25) is 20.2 Å². The maximum absolute atomic E-state index is 13.8. The van der Waals surface area contributed by atoms with Crippen LogP contribution in [0.3, 0.4) is 0 Å². The lowest BCUT2D eigenvalue weighted by atomic mass is 9.86. The molecule has 5 rings (SSSR count). The fourth-order valence-electron chi connectivity index (χ4n) is 5.50. The largest absolute Gasteiger partial charge is 0.491 e. The van der Waals surface area contributed by atoms with E-state index in [4.69, 9.17) is 33.0 Å². The van der Waals surface area contributed by atoms with Crippen LogP contribution in [-0.4, -0.2) is 53.3 Å². The summed E-state index contributed by atoms with van der Waals surface area (Å²) in [7, 11) is 1.75. The molecule has 4 aromatic rings. The first-order valence-corrected chi connectivity index (χ1v) is 15.0. The summed E-state index contributed by atoms with van der Waals surface area (Å²) in [6.07, 6.45) is 0.909. The topological polar surface area (TPSA) is 105 Å². The van der Waals surface area contributed by atoms with Crippen LogP contribution in [0, 0.1) is 5.82 Å². The van der Waals surface area contributed by atoms with Crippen molar-refractivity contribution in [1.29, 1.82) is 0 Å². The maximum Gasteiger partial charge on any atom is 0.274 e. The predicted molar refractivity (Wildman–Crippen MR) is 169 cm³/mol. The van der Waals surface area contributed by atoms with Crippen molar-refractivity contribution in [2.24, 2.45) is 7.05 Å². The second-order valence-corrected chi connectivity index (χ2v) is 11.5. The average Bonchev–Trinajstić information content (AvgIpc) is 3.36. The van der Waals surface area contributed by atoms with E-state index in [1.807, 2.05) is 12.1 Å². The van der Waals surface area contributed by atoms with E-state index >= 15 is 0 Å². The van der Waals surface area contributed by atoms with Crippen LogP contribution in [0.25, 0.3) is 22.4 Å². The van der Waals surface area contributed by atoms with Crippen molar-refractivity contribution in [3.63, 3.8) is 0 Å². The Balaban J connectivity index is 1.46. The molecule has 1 aromatic heterocycles. The third-order valence-corrected chi connectivity index (χ3v) is 8.36. The van der Waals surface area contributed by atoms with Gasteiger partial charge < -0.3 is 19.7 Å². The minimum atomic E-state index is -1.02. The molecule has 2 heterocycles. The monoisotopic (exact) mass is 638 g/mol. The summed E-state index contributed by atoms with van der Waals surface area (Å²) in [5, 5.41) is 19.2. The summed E-state index contributed by atoms with van der Waals surface area (Å²) in [5.41, 5.74) is 2.75. The van der Waals surface area contributed by atoms with E-state index in [9.17, 15) is 14.0 Å². The quantitative estimate of drug-likeness (QED) is 0.175. The molecule has 1 aliphatic heterocycles. The molecule has 0 radical (unpaired) electrons. The van der Waals surface area contributed by atoms with E-state index in [2.05, 4.69) is 16.0 Å². The number of nitrogens with one attached hydrogen (secondary N) is 3. The van der Waals surface area contributed by atoms with Gasteiger partial charge in [-0.05, 0) is 91.7 Å². The number of benzene rings is 3. The molecule has 11 heteroatoms. The van der Waals surface area contributed by atoms with Crippen LogP contribution < -0.4 is 20.7 Å². The smallest absolute Gasteiger partial charge is 0.274 e. The highest BCUT2D eigenvalue weighted by Crippen LogP contribution is 2.39. The molecule has 1 aliphatic rings. The van der Waals surface area contributed by atoms with E-state index in [1.165, 1.54) is 12.1 Å². The van der Waals surface area contributed by atoms with Crippen molar-refractivity contribution in [2.75, 3.05) is 26.3 Å². The first-order valence-electron chi connectivity index (χ1n) is 14.3. The standard InChI is InChI=1S/C33H33Cl2FN4O4/c1-40-29(31(42)39-32(43)33(11-13-37-14-12-33)38-20-21-3-2-4-24(36)17-21)19-27(26-10-7-23(34)18-28(26)35)30(40)22-5-8-25(9-6-22)44-16-15-41/h2-10,17-19,37-38,41H,11-16,20H2,1H3,(H,39,42,43). The van der Waals surface area contributed by atoms with E-state index < -0.39 is 17.4 Å². The summed E-state index contributed by atoms with van der Waals surface area (Å²) in [5.74, 6) is -0.778. The number of hydrogen-bond donors (Lipinski definition) is 4. The first kappa shape index (κ1) is 31.7. The van der Waals surface area contributed by atoms with Gasteiger partial charge in [0.1, 0.15) is 29.4 Å². The molecule has 0 spiro atoms. The number of nitrogens with zero attached hydrogens (tertiary/aromatic N) is 1. The van der Waals surface area contributed by atoms with Crippen LogP contribution in [0.4, 0.5) is 4.39 Å². The lowest BCUT2D eigenvalue weighted by Gasteiger charge is -2.37. The number of amides is 2. The van der Waals surface area contributed by atoms with Gasteiger partial charge in [0.05, 0.1) is 12.3 Å². The zero-order chi connectivity index (χ0) is 31.3. The van der Waals surface area contributed by atoms with Crippen LogP contribution in [0.15, 0.2) is 72.8 Å². The predicted octanol–water partition coefficient (Wildman–Crippen LogP) is 5.34. The van der Waals surface area contributed by atoms with Gasteiger partial charge in [0, 0.05) is 34.8 Å². The van der Waals surface area contributed by atoms with Crippen molar-refractivity contribution in [2.45, 2.75) is 24.9 Å². The van der Waals surface area contributed by atoms with Gasteiger partial charge in [-0.1, -0.05) is 41.4 Å². The SMILES string of the molecule is Cn1c(C(=O)NC(=O)C2(NCc3cccc(F)c3)CCNCC2)cc(-c2ccc(Cl)cc2Cl)c1-c1ccc(OCCO)cc1. The first-order chi connectivity index (χ1) is 21.2. The highest BCUT2D eigenvalue weighted by Gasteiger charge is 2.40. The molecule has 1 fully saturated rings. The van der Waals surface area contributed by atoms with Crippen molar-refractivity contribution in [1.82, 2.24) is 20.5 Å². The fraction of sp³-hybridized carbons (Fsp3) is 0.273. The summed E-state index contributed by atoms with van der Waals surface area (Å²) in [6, 6.07) is 20.3. The highest BCUT2D eigenvalue weighted by atomic mass is 35.5. The number of hydrogen-bond acceptors (Lipinski definition) is 6. The van der Waals surface area contributed by atoms with Crippen LogP contribution in [0.1, 0.15) is 28.9 Å². The molecule has 0 aliphatic carbocycles. The number of carbonyl (C=O) groups is 2. The van der Waals surface area contributed by atoms with Crippen LogP contribution >= 0.6 is 23.2 Å². The van der Waals surface area contributed by atoms with Crippen molar-refractivity contribution in [3.8, 4) is 28.1 Å². The third kappa shape index (κ3) is 6.98. The Hall–Kier alpha value is -3.73. The molecule has 0 saturated carbocycles. The molecule has 8 nitrogen and oxygen atoms in total. The Morgan fingerprint density at radius 2 is 1.77 bits per heavy atom. The number of halogens is 3. The van der Waals surface area contributed by atoms with E-state index in [-0.39, 0.29) is 31.3 Å². The van der Waals surface area contributed by atoms with Gasteiger partial charge >= 0.3 is 0 Å². The number of piperidine rings is 1. The summed E-state index contributed by atoms with van der Waals surface area (Å²) in [6.45, 7) is 1.51. The van der Waals surface area contributed by atoms with Crippen LogP contribution in [0.2, 0.25) is 10.0 Å². The molecule has 2 amide bonds. The molecule has 0 atom stereocenters. The number of imide groups is 1. The lowest BCUT2D eigenvalue weighted by molar-refractivity contribution is -0.127. The number of ether oxygens (including phenoxy) is 1. The molecule has 3 aromatic carbocycles. The number of carbonyl (C=O) groups excluding carboxylic acids is 2. The highest BCUT2D eigenvalue weighted by molar-refractivity contribution is 6.36. The molecule has 44 heavy (non-hydrogen) atoms. The second kappa shape index (κ2) is 13.9. The van der Waals surface area contributed by atoms with Gasteiger partial charge in [0.25, 0.3) is 5.91 Å². The lowest BCUT2D eigenvalue weighted by Crippen LogP contribution is -2.62. The Labute approximate surface area is 265 Å². The molecule has 0 bridgehead atoms. The van der Waals surface area contributed by atoms with E-state index in [0.29, 0.717) is 64.1 Å². The molecule has 1 saturated heterocycles. The Morgan fingerprint density at radius 3 is 2.45 bits per heavy atom. The Kier molecular flexibility index (Phi) is 10.0. The Morgan fingerprint density at radius 1 is 1.02 bits per heavy atom. The Bertz CT molecular complexity index is 1650. The normalized spacial score (nSPS) is 14.3. The van der Waals surface area contributed by atoms with Gasteiger partial charge in [-0.15, -0.1) is 0 Å². The number of aromatic nitrogens is 1. The van der Waals surface area contributed by atoms with Gasteiger partial charge in [-0.25, -0.2) is 4.39 Å². The summed E-state index contributed by atoms with van der Waals surface area (Å²) in [4.78, 5) is 27.6. The molecule has 230 valence electrons. The molecule has 0 unspecified atom stereocenters. The number of aliphatic hydroxyl groups is 1. The molecular formula is C33H33Cl2FN4O4. The third-order valence-electron chi connectivity index (χ3n) is 7.81. The fourth-order valence-corrected chi connectivity index (χ4v) is 6.01. The summed E-state index contributed by atoms with van der Waals surface area (Å²) < 4.78 is 21.0. The molecule has 4 N–H and O–H groups in total. The number of rotatable bonds is 10. The van der Waals surface area contributed by atoms with Crippen molar-refractivity contribution >= 4 is 35.0 Å². The number of aliphatic hydroxyl groups excluding tert-OH is 1. The van der Waals surface area contributed by atoms with Crippen molar-refractivity contribution in [3.05, 3.63) is 99.9 Å². The van der Waals surface area contributed by atoms with E-state index in [0.717, 1.165) is 5.56 Å². The van der Waals surface area contributed by atoms with Gasteiger partial charge in [0.15, 0.2) is 0 Å². The zero-order valence-electron chi connectivity index (χ0n) is 24.1. The second-order valence-electron chi connectivity index (χ2n) is 10.7. The maximum atomic E-state index is 13.8. The van der Waals surface area contributed by atoms with Gasteiger partial charge in [-0.2, -0.15) is 0 Å². The minimum Gasteiger partial charge on any atom is -0.491 e. The summed E-state index contributed by atoms with van der Waals surface area (Å²) >= 11 is 12.8.